The molecule has 0 aliphatic carbocycles. The van der Waals surface area contributed by atoms with Gasteiger partial charge in [-0.25, -0.2) is 0 Å². The molecular formula is C18H13N5. The Morgan fingerprint density at radius 1 is 0.652 bits per heavy atom. The molecule has 0 bridgehead atoms. The van der Waals surface area contributed by atoms with Crippen molar-refractivity contribution in [3.8, 4) is 24.3 Å². The van der Waals surface area contributed by atoms with Crippen LogP contribution < -0.4 is 4.90 Å². The van der Waals surface area contributed by atoms with Gasteiger partial charge in [0.25, 0.3) is 0 Å². The van der Waals surface area contributed by atoms with Gasteiger partial charge in [0.05, 0.1) is 22.3 Å². The normalized spacial score (nSPS) is 8.26. The van der Waals surface area contributed by atoms with Crippen LogP contribution in [0.3, 0.4) is 0 Å². The van der Waals surface area contributed by atoms with E-state index in [0.29, 0.717) is 0 Å². The summed E-state index contributed by atoms with van der Waals surface area (Å²) in [6.07, 6.45) is 0. The summed E-state index contributed by atoms with van der Waals surface area (Å²) in [6.45, 7) is 0. The van der Waals surface area contributed by atoms with Gasteiger partial charge in [0, 0.05) is 19.8 Å². The van der Waals surface area contributed by atoms with Crippen LogP contribution in [0.1, 0.15) is 22.3 Å². The van der Waals surface area contributed by atoms with E-state index in [1.165, 1.54) is 17.8 Å². The second-order valence-electron chi connectivity index (χ2n) is 4.62. The number of nitrogens with zero attached hydrogens (tertiary/aromatic N) is 5. The topological polar surface area (TPSA) is 98.4 Å². The van der Waals surface area contributed by atoms with Crippen molar-refractivity contribution in [1.29, 1.82) is 21.0 Å². The Morgan fingerprint density at radius 2 is 1.00 bits per heavy atom. The van der Waals surface area contributed by atoms with E-state index in [0.717, 1.165) is 0 Å². The molecule has 0 unspecified atom stereocenters. The average Bonchev–Trinajstić information content (AvgIpc) is 2.61. The van der Waals surface area contributed by atoms with Gasteiger partial charge in [-0.1, -0.05) is 18.2 Å². The first-order chi connectivity index (χ1) is 11.1. The highest BCUT2D eigenvalue weighted by Gasteiger charge is 2.08. The largest absolute Gasteiger partial charge is 0.378 e. The van der Waals surface area contributed by atoms with Gasteiger partial charge in [0.1, 0.15) is 24.3 Å². The molecule has 0 aromatic heterocycles. The van der Waals surface area contributed by atoms with Gasteiger partial charge in [-0.3, -0.25) is 0 Å². The van der Waals surface area contributed by atoms with Crippen LogP contribution in [0, 0.1) is 45.3 Å². The third-order valence-electron chi connectivity index (χ3n) is 2.91. The quantitative estimate of drug-likeness (QED) is 0.806. The summed E-state index contributed by atoms with van der Waals surface area (Å²) in [5, 5.41) is 34.6. The van der Waals surface area contributed by atoms with Gasteiger partial charge in [-0.05, 0) is 24.3 Å². The lowest BCUT2D eigenvalue weighted by molar-refractivity contribution is 1.13. The standard InChI is InChI=1S/C10H2N4.C8H11N/c11-3-7-1-8(4-12)10(6-14)2-9(7)5-13;1-9(2)8-6-4-3-5-7-8/h1-2H;3-7H,1-2H3. The Morgan fingerprint density at radius 3 is 1.22 bits per heavy atom. The minimum atomic E-state index is 0.114. The summed E-state index contributed by atoms with van der Waals surface area (Å²) < 4.78 is 0. The van der Waals surface area contributed by atoms with Gasteiger partial charge < -0.3 is 4.90 Å². The summed E-state index contributed by atoms with van der Waals surface area (Å²) in [5.74, 6) is 0. The maximum atomic E-state index is 8.64. The Bertz CT molecular complexity index is 742. The summed E-state index contributed by atoms with van der Waals surface area (Å²) >= 11 is 0. The highest BCUT2D eigenvalue weighted by Crippen LogP contribution is 2.14. The van der Waals surface area contributed by atoms with E-state index in [1.807, 2.05) is 32.3 Å². The van der Waals surface area contributed by atoms with Crippen molar-refractivity contribution in [2.24, 2.45) is 0 Å². The van der Waals surface area contributed by atoms with Crippen molar-refractivity contribution in [3.05, 3.63) is 64.7 Å². The van der Waals surface area contributed by atoms with Gasteiger partial charge >= 0.3 is 0 Å². The lowest BCUT2D eigenvalue weighted by atomic mass is 10.0. The molecule has 110 valence electrons. The van der Waals surface area contributed by atoms with Crippen molar-refractivity contribution in [2.45, 2.75) is 0 Å². The summed E-state index contributed by atoms with van der Waals surface area (Å²) in [4.78, 5) is 2.08. The number of benzene rings is 2. The summed E-state index contributed by atoms with van der Waals surface area (Å²) in [7, 11) is 4.07. The van der Waals surface area contributed by atoms with E-state index >= 15 is 0 Å². The monoisotopic (exact) mass is 299 g/mol. The van der Waals surface area contributed by atoms with Crippen LogP contribution >= 0.6 is 0 Å². The molecule has 2 rings (SSSR count). The van der Waals surface area contributed by atoms with Gasteiger partial charge in [-0.2, -0.15) is 21.0 Å². The zero-order valence-electron chi connectivity index (χ0n) is 12.8. The molecule has 0 aliphatic heterocycles. The van der Waals surface area contributed by atoms with Crippen molar-refractivity contribution >= 4 is 5.69 Å². The van der Waals surface area contributed by atoms with E-state index in [2.05, 4.69) is 17.0 Å². The molecule has 0 atom stereocenters. The molecule has 2 aromatic carbocycles. The lowest BCUT2D eigenvalue weighted by Crippen LogP contribution is -2.07. The Balaban J connectivity index is 0.000000253. The molecule has 0 fully saturated rings. The molecule has 0 N–H and O–H groups in total. The Hall–Kier alpha value is -3.80. The number of rotatable bonds is 1. The fraction of sp³-hybridized carbons (Fsp3) is 0.111. The van der Waals surface area contributed by atoms with E-state index in [4.69, 9.17) is 21.0 Å². The fourth-order valence-electron chi connectivity index (χ4n) is 1.70. The molecular weight excluding hydrogens is 286 g/mol. The average molecular weight is 299 g/mol. The minimum Gasteiger partial charge on any atom is -0.378 e. The SMILES string of the molecule is CN(C)c1ccccc1.N#Cc1cc(C#N)c(C#N)cc1C#N. The van der Waals surface area contributed by atoms with Crippen LogP contribution in [-0.4, -0.2) is 14.1 Å². The first kappa shape index (κ1) is 17.3. The maximum Gasteiger partial charge on any atom is 0.101 e. The summed E-state index contributed by atoms with van der Waals surface area (Å²) in [6, 6.07) is 19.9. The zero-order valence-corrected chi connectivity index (χ0v) is 12.8. The first-order valence-electron chi connectivity index (χ1n) is 6.58. The molecule has 5 nitrogen and oxygen atoms in total. The molecule has 0 spiro atoms. The zero-order chi connectivity index (χ0) is 17.2. The predicted octanol–water partition coefficient (Wildman–Crippen LogP) is 2.93. The van der Waals surface area contributed by atoms with Crippen LogP contribution in [-0.2, 0) is 0 Å². The minimum absolute atomic E-state index is 0.114. The van der Waals surface area contributed by atoms with Crippen molar-refractivity contribution in [3.63, 3.8) is 0 Å². The molecule has 0 saturated heterocycles. The van der Waals surface area contributed by atoms with Crippen molar-refractivity contribution in [2.75, 3.05) is 19.0 Å². The number of hydrogen-bond donors (Lipinski definition) is 0. The van der Waals surface area contributed by atoms with Crippen LogP contribution in [0.5, 0.6) is 0 Å². The van der Waals surface area contributed by atoms with Crippen molar-refractivity contribution in [1.82, 2.24) is 0 Å². The predicted molar refractivity (Wildman–Crippen MR) is 86.1 cm³/mol. The molecule has 23 heavy (non-hydrogen) atoms. The van der Waals surface area contributed by atoms with Crippen molar-refractivity contribution < 1.29 is 0 Å². The van der Waals surface area contributed by atoms with Crippen LogP contribution in [0.25, 0.3) is 0 Å². The number of para-hydroxylation sites is 1. The third kappa shape index (κ3) is 4.61. The highest BCUT2D eigenvalue weighted by atomic mass is 15.1. The fourth-order valence-corrected chi connectivity index (χ4v) is 1.70. The first-order valence-corrected chi connectivity index (χ1v) is 6.58. The second kappa shape index (κ2) is 8.48. The van der Waals surface area contributed by atoms with Gasteiger partial charge in [0.15, 0.2) is 0 Å². The number of nitriles is 4. The van der Waals surface area contributed by atoms with Crippen LogP contribution in [0.15, 0.2) is 42.5 Å². The van der Waals surface area contributed by atoms with Gasteiger partial charge in [-0.15, -0.1) is 0 Å². The second-order valence-corrected chi connectivity index (χ2v) is 4.62. The van der Waals surface area contributed by atoms with E-state index in [-0.39, 0.29) is 22.3 Å². The third-order valence-corrected chi connectivity index (χ3v) is 2.91. The molecule has 0 amide bonds. The molecule has 0 saturated carbocycles. The molecule has 5 heteroatoms. The van der Waals surface area contributed by atoms with E-state index in [9.17, 15) is 0 Å². The summed E-state index contributed by atoms with van der Waals surface area (Å²) in [5.41, 5.74) is 1.70. The van der Waals surface area contributed by atoms with Crippen LogP contribution in [0.4, 0.5) is 5.69 Å². The Kier molecular flexibility index (Phi) is 6.36. The highest BCUT2D eigenvalue weighted by molar-refractivity contribution is 5.57. The molecule has 2 aromatic rings. The van der Waals surface area contributed by atoms with Crippen LogP contribution in [0.2, 0.25) is 0 Å². The smallest absolute Gasteiger partial charge is 0.101 e. The maximum absolute atomic E-state index is 8.64. The lowest BCUT2D eigenvalue weighted by Gasteiger charge is -2.10. The number of hydrogen-bond acceptors (Lipinski definition) is 5. The molecule has 0 radical (unpaired) electrons. The number of anilines is 1. The molecule has 0 aliphatic rings. The van der Waals surface area contributed by atoms with E-state index in [1.54, 1.807) is 24.3 Å². The Labute approximate surface area is 135 Å². The molecule has 0 heterocycles. The van der Waals surface area contributed by atoms with E-state index < -0.39 is 0 Å². The van der Waals surface area contributed by atoms with Gasteiger partial charge in [0.2, 0.25) is 0 Å².